The lowest BCUT2D eigenvalue weighted by Gasteiger charge is -2.18. The molecule has 7 nitrogen and oxygen atoms in total. The van der Waals surface area contributed by atoms with E-state index in [4.69, 9.17) is 9.47 Å². The van der Waals surface area contributed by atoms with E-state index in [0.29, 0.717) is 11.3 Å². The van der Waals surface area contributed by atoms with Crippen LogP contribution in [0.4, 0.5) is 8.78 Å². The Morgan fingerprint density at radius 3 is 2.41 bits per heavy atom. The summed E-state index contributed by atoms with van der Waals surface area (Å²) in [5.41, 5.74) is 0.574. The second kappa shape index (κ2) is 9.86. The van der Waals surface area contributed by atoms with Crippen molar-refractivity contribution < 1.29 is 33.0 Å². The summed E-state index contributed by atoms with van der Waals surface area (Å²) in [7, 11) is 2.78. The maximum Gasteiger partial charge on any atom is 0.305 e. The number of carboxylic acids is 1. The van der Waals surface area contributed by atoms with Crippen LogP contribution in [0, 0.1) is 11.6 Å². The van der Waals surface area contributed by atoms with Gasteiger partial charge < -0.3 is 19.9 Å². The summed E-state index contributed by atoms with van der Waals surface area (Å²) in [6.07, 6.45) is -0.526. The van der Waals surface area contributed by atoms with E-state index in [9.17, 15) is 23.5 Å². The molecule has 0 aliphatic rings. The number of halogens is 2. The lowest BCUT2D eigenvalue weighted by Crippen LogP contribution is -2.31. The number of hydrogen-bond acceptors (Lipinski definition) is 5. The number of nitrogens with zero attached hydrogens (tertiary/aromatic N) is 1. The molecular weight excluding hydrogens is 422 g/mol. The highest BCUT2D eigenvalue weighted by Crippen LogP contribution is 2.35. The summed E-state index contributed by atoms with van der Waals surface area (Å²) in [4.78, 5) is 28.5. The van der Waals surface area contributed by atoms with Crippen molar-refractivity contribution in [2.75, 3.05) is 14.2 Å². The first-order valence-electron chi connectivity index (χ1n) is 9.50. The number of carboxylic acid groups (broad SMARTS) is 1. The Balaban J connectivity index is 1.99. The highest BCUT2D eigenvalue weighted by atomic mass is 19.1. The van der Waals surface area contributed by atoms with Gasteiger partial charge in [0.1, 0.15) is 34.5 Å². The summed E-state index contributed by atoms with van der Waals surface area (Å²) in [6, 6.07) is 11.2. The Kier molecular flexibility index (Phi) is 6.99. The third kappa shape index (κ3) is 5.00. The van der Waals surface area contributed by atoms with Crippen LogP contribution in [0.25, 0.3) is 11.3 Å². The number of benzene rings is 2. The molecule has 0 spiro atoms. The smallest absolute Gasteiger partial charge is 0.305 e. The maximum absolute atomic E-state index is 14.2. The second-order valence-electron chi connectivity index (χ2n) is 6.74. The first-order valence-corrected chi connectivity index (χ1v) is 9.50. The van der Waals surface area contributed by atoms with Crippen molar-refractivity contribution in [3.8, 4) is 22.8 Å². The minimum atomic E-state index is -1.21. The number of carbonyl (C=O) groups is 2. The van der Waals surface area contributed by atoms with Crippen molar-refractivity contribution >= 4 is 11.9 Å². The molecule has 1 aromatic heterocycles. The molecule has 0 saturated carbocycles. The lowest BCUT2D eigenvalue weighted by atomic mass is 10.0. The SMILES string of the molecule is COc1cc(F)ccc1-c1nc(C(=O)NC(CC(=O)O)c2ccccc2F)ccc1OC. The van der Waals surface area contributed by atoms with Gasteiger partial charge in [0.15, 0.2) is 0 Å². The van der Waals surface area contributed by atoms with Crippen molar-refractivity contribution in [1.29, 1.82) is 0 Å². The number of amides is 1. The average molecular weight is 442 g/mol. The van der Waals surface area contributed by atoms with Gasteiger partial charge in [0.25, 0.3) is 5.91 Å². The Hall–Kier alpha value is -4.01. The summed E-state index contributed by atoms with van der Waals surface area (Å²) in [5, 5.41) is 11.7. The minimum Gasteiger partial charge on any atom is -0.496 e. The molecule has 1 amide bonds. The zero-order valence-electron chi connectivity index (χ0n) is 17.3. The summed E-state index contributed by atoms with van der Waals surface area (Å²) in [6.45, 7) is 0. The third-order valence-corrected chi connectivity index (χ3v) is 4.69. The van der Waals surface area contributed by atoms with Gasteiger partial charge in [-0.1, -0.05) is 18.2 Å². The molecule has 166 valence electrons. The van der Waals surface area contributed by atoms with E-state index < -0.39 is 36.0 Å². The van der Waals surface area contributed by atoms with E-state index in [-0.39, 0.29) is 22.7 Å². The molecule has 0 aliphatic heterocycles. The number of ether oxygens (including phenoxy) is 2. The number of carbonyl (C=O) groups excluding carboxylic acids is 1. The van der Waals surface area contributed by atoms with Crippen molar-refractivity contribution in [2.24, 2.45) is 0 Å². The summed E-state index contributed by atoms with van der Waals surface area (Å²) >= 11 is 0. The topological polar surface area (TPSA) is 97.8 Å². The minimum absolute atomic E-state index is 0.0391. The molecule has 0 radical (unpaired) electrons. The van der Waals surface area contributed by atoms with Gasteiger partial charge in [-0.05, 0) is 30.3 Å². The molecule has 0 bridgehead atoms. The number of rotatable bonds is 8. The first-order chi connectivity index (χ1) is 15.3. The highest BCUT2D eigenvalue weighted by molar-refractivity contribution is 5.94. The Labute approximate surface area is 182 Å². The van der Waals surface area contributed by atoms with Gasteiger partial charge in [0, 0.05) is 17.2 Å². The van der Waals surface area contributed by atoms with Crippen LogP contribution in [0.5, 0.6) is 11.5 Å². The van der Waals surface area contributed by atoms with Gasteiger partial charge >= 0.3 is 5.97 Å². The highest BCUT2D eigenvalue weighted by Gasteiger charge is 2.23. The van der Waals surface area contributed by atoms with Crippen LogP contribution in [-0.2, 0) is 4.79 Å². The van der Waals surface area contributed by atoms with Crippen molar-refractivity contribution in [3.63, 3.8) is 0 Å². The Morgan fingerprint density at radius 2 is 1.75 bits per heavy atom. The van der Waals surface area contributed by atoms with Crippen molar-refractivity contribution in [2.45, 2.75) is 12.5 Å². The lowest BCUT2D eigenvalue weighted by molar-refractivity contribution is -0.137. The van der Waals surface area contributed by atoms with Gasteiger partial charge in [-0.2, -0.15) is 0 Å². The van der Waals surface area contributed by atoms with Gasteiger partial charge in [0.2, 0.25) is 0 Å². The molecule has 9 heteroatoms. The predicted octanol–water partition coefficient (Wildman–Crippen LogP) is 3.99. The fourth-order valence-electron chi connectivity index (χ4n) is 3.19. The molecule has 2 N–H and O–H groups in total. The zero-order chi connectivity index (χ0) is 23.3. The van der Waals surface area contributed by atoms with Gasteiger partial charge in [0.05, 0.1) is 26.7 Å². The van der Waals surface area contributed by atoms with E-state index in [1.807, 2.05) is 0 Å². The van der Waals surface area contributed by atoms with E-state index in [1.165, 1.54) is 62.8 Å². The number of nitrogens with one attached hydrogen (secondary N) is 1. The van der Waals surface area contributed by atoms with Gasteiger partial charge in [-0.25, -0.2) is 13.8 Å². The van der Waals surface area contributed by atoms with Crippen molar-refractivity contribution in [1.82, 2.24) is 10.3 Å². The van der Waals surface area contributed by atoms with E-state index >= 15 is 0 Å². The summed E-state index contributed by atoms with van der Waals surface area (Å²) in [5.74, 6) is -2.59. The Bertz CT molecular complexity index is 1150. The number of pyridine rings is 1. The molecule has 2 aromatic carbocycles. The molecule has 0 saturated heterocycles. The standard InChI is InChI=1S/C23H20F2N2O5/c1-31-19-10-9-17(26-22(19)15-8-7-13(24)11-20(15)32-2)23(30)27-18(12-21(28)29)14-5-3-4-6-16(14)25/h3-11,18H,12H2,1-2H3,(H,27,30)(H,28,29). The van der Waals surface area contributed by atoms with Crippen LogP contribution in [0.15, 0.2) is 54.6 Å². The molecular formula is C23H20F2N2O5. The van der Waals surface area contributed by atoms with Gasteiger partial charge in [-0.3, -0.25) is 9.59 Å². The van der Waals surface area contributed by atoms with Crippen LogP contribution in [0.2, 0.25) is 0 Å². The first kappa shape index (κ1) is 22.7. The maximum atomic E-state index is 14.2. The normalized spacial score (nSPS) is 11.5. The summed E-state index contributed by atoms with van der Waals surface area (Å²) < 4.78 is 38.4. The van der Waals surface area contributed by atoms with E-state index in [2.05, 4.69) is 10.3 Å². The molecule has 0 fully saturated rings. The molecule has 32 heavy (non-hydrogen) atoms. The molecule has 3 rings (SSSR count). The zero-order valence-corrected chi connectivity index (χ0v) is 17.3. The Morgan fingerprint density at radius 1 is 1.03 bits per heavy atom. The fraction of sp³-hybridized carbons (Fsp3) is 0.174. The molecule has 3 aromatic rings. The van der Waals surface area contributed by atoms with Crippen LogP contribution in [0.1, 0.15) is 28.5 Å². The number of aromatic nitrogens is 1. The second-order valence-corrected chi connectivity index (χ2v) is 6.74. The largest absolute Gasteiger partial charge is 0.496 e. The van der Waals surface area contributed by atoms with Crippen LogP contribution >= 0.6 is 0 Å². The quantitative estimate of drug-likeness (QED) is 0.548. The predicted molar refractivity (Wildman–Crippen MR) is 112 cm³/mol. The average Bonchev–Trinajstić information content (AvgIpc) is 2.78. The molecule has 0 aliphatic carbocycles. The molecule has 1 atom stereocenters. The number of hydrogen-bond donors (Lipinski definition) is 2. The van der Waals surface area contributed by atoms with Gasteiger partial charge in [-0.15, -0.1) is 0 Å². The molecule has 1 unspecified atom stereocenters. The molecule has 1 heterocycles. The monoisotopic (exact) mass is 442 g/mol. The van der Waals surface area contributed by atoms with E-state index in [0.717, 1.165) is 0 Å². The van der Waals surface area contributed by atoms with Crippen LogP contribution in [0.3, 0.4) is 0 Å². The van der Waals surface area contributed by atoms with Crippen LogP contribution in [-0.4, -0.2) is 36.2 Å². The van der Waals surface area contributed by atoms with Crippen molar-refractivity contribution in [3.05, 3.63) is 77.5 Å². The van der Waals surface area contributed by atoms with E-state index in [1.54, 1.807) is 6.07 Å². The number of aliphatic carboxylic acids is 1. The van der Waals surface area contributed by atoms with Crippen LogP contribution < -0.4 is 14.8 Å². The third-order valence-electron chi connectivity index (χ3n) is 4.69. The number of methoxy groups -OCH3 is 2. The fourth-order valence-corrected chi connectivity index (χ4v) is 3.19.